The molecule has 0 aliphatic carbocycles. The van der Waals surface area contributed by atoms with Gasteiger partial charge in [0.1, 0.15) is 17.5 Å². The minimum absolute atomic E-state index is 0.210. The van der Waals surface area contributed by atoms with Crippen LogP contribution in [0.4, 0.5) is 10.2 Å². The highest BCUT2D eigenvalue weighted by Crippen LogP contribution is 2.21. The average Bonchev–Trinajstić information content (AvgIpc) is 2.18. The van der Waals surface area contributed by atoms with Crippen LogP contribution in [0.5, 0.6) is 0 Å². The maximum atomic E-state index is 13.0. The van der Waals surface area contributed by atoms with Crippen molar-refractivity contribution in [2.45, 2.75) is 19.8 Å². The predicted octanol–water partition coefficient (Wildman–Crippen LogP) is 2.47. The quantitative estimate of drug-likeness (QED) is 0.778. The highest BCUT2D eigenvalue weighted by molar-refractivity contribution is 5.87. The van der Waals surface area contributed by atoms with Crippen molar-refractivity contribution in [3.8, 4) is 0 Å². The molecular formula is C11H12FN3. The number of aromatic nitrogens is 2. The summed E-state index contributed by atoms with van der Waals surface area (Å²) in [7, 11) is 0. The van der Waals surface area contributed by atoms with Crippen molar-refractivity contribution in [3.05, 3.63) is 29.8 Å². The van der Waals surface area contributed by atoms with Crippen LogP contribution in [-0.2, 0) is 0 Å². The van der Waals surface area contributed by atoms with Gasteiger partial charge >= 0.3 is 0 Å². The highest BCUT2D eigenvalue weighted by atomic mass is 19.1. The van der Waals surface area contributed by atoms with E-state index >= 15 is 0 Å². The zero-order chi connectivity index (χ0) is 11.0. The first-order valence-corrected chi connectivity index (χ1v) is 4.80. The molecule has 2 aromatic rings. The predicted molar refractivity (Wildman–Crippen MR) is 58.0 cm³/mol. The van der Waals surface area contributed by atoms with E-state index in [-0.39, 0.29) is 11.7 Å². The van der Waals surface area contributed by atoms with Gasteiger partial charge in [0.15, 0.2) is 0 Å². The molecule has 2 rings (SSSR count). The fourth-order valence-electron chi connectivity index (χ4n) is 1.40. The van der Waals surface area contributed by atoms with Crippen molar-refractivity contribution in [1.82, 2.24) is 9.97 Å². The number of hydrogen-bond acceptors (Lipinski definition) is 3. The molecule has 4 heteroatoms. The topological polar surface area (TPSA) is 51.8 Å². The van der Waals surface area contributed by atoms with Crippen molar-refractivity contribution in [3.63, 3.8) is 0 Å². The fourth-order valence-corrected chi connectivity index (χ4v) is 1.40. The zero-order valence-corrected chi connectivity index (χ0v) is 8.66. The largest absolute Gasteiger partial charge is 0.383 e. The number of nitrogens with zero attached hydrogens (tertiary/aromatic N) is 2. The molecule has 3 nitrogen and oxygen atoms in total. The third kappa shape index (κ3) is 1.75. The third-order valence-corrected chi connectivity index (χ3v) is 2.22. The first kappa shape index (κ1) is 9.83. The lowest BCUT2D eigenvalue weighted by Gasteiger charge is -2.07. The molecular weight excluding hydrogens is 193 g/mol. The molecule has 0 aliphatic heterocycles. The van der Waals surface area contributed by atoms with Crippen molar-refractivity contribution in [2.75, 3.05) is 5.73 Å². The molecule has 2 N–H and O–H groups in total. The first-order chi connectivity index (χ1) is 7.08. The molecule has 0 saturated carbocycles. The first-order valence-electron chi connectivity index (χ1n) is 4.80. The molecule has 1 aromatic carbocycles. The number of hydrogen-bond donors (Lipinski definition) is 1. The molecule has 0 unspecified atom stereocenters. The van der Waals surface area contributed by atoms with Gasteiger partial charge in [0.25, 0.3) is 0 Å². The summed E-state index contributed by atoms with van der Waals surface area (Å²) in [5, 5.41) is 0.569. The molecule has 0 fully saturated rings. The van der Waals surface area contributed by atoms with Gasteiger partial charge < -0.3 is 5.73 Å². The van der Waals surface area contributed by atoms with E-state index in [4.69, 9.17) is 5.73 Å². The van der Waals surface area contributed by atoms with E-state index in [0.717, 1.165) is 0 Å². The molecule has 0 bridgehead atoms. The van der Waals surface area contributed by atoms with Gasteiger partial charge in [0.05, 0.1) is 5.52 Å². The van der Waals surface area contributed by atoms with Gasteiger partial charge in [-0.2, -0.15) is 0 Å². The van der Waals surface area contributed by atoms with Gasteiger partial charge in [-0.25, -0.2) is 14.4 Å². The number of anilines is 1. The van der Waals surface area contributed by atoms with Gasteiger partial charge in [-0.05, 0) is 18.2 Å². The van der Waals surface area contributed by atoms with E-state index in [2.05, 4.69) is 9.97 Å². The second-order valence-corrected chi connectivity index (χ2v) is 3.78. The molecule has 0 spiro atoms. The van der Waals surface area contributed by atoms with E-state index in [1.54, 1.807) is 6.07 Å². The Balaban J connectivity index is 2.73. The van der Waals surface area contributed by atoms with Gasteiger partial charge in [-0.15, -0.1) is 0 Å². The van der Waals surface area contributed by atoms with Gasteiger partial charge in [0.2, 0.25) is 0 Å². The SMILES string of the molecule is CC(C)c1nc(N)c2cc(F)ccc2n1. The van der Waals surface area contributed by atoms with Gasteiger partial charge in [0, 0.05) is 11.3 Å². The van der Waals surface area contributed by atoms with Crippen LogP contribution in [0, 0.1) is 5.82 Å². The smallest absolute Gasteiger partial charge is 0.135 e. The summed E-state index contributed by atoms with van der Waals surface area (Å²) in [5.41, 5.74) is 6.43. The van der Waals surface area contributed by atoms with Crippen LogP contribution < -0.4 is 5.73 Å². The molecule has 1 aromatic heterocycles. The number of fused-ring (bicyclic) bond motifs is 1. The molecule has 0 aliphatic rings. The van der Waals surface area contributed by atoms with Crippen LogP contribution in [0.1, 0.15) is 25.6 Å². The average molecular weight is 205 g/mol. The fraction of sp³-hybridized carbons (Fsp3) is 0.273. The molecule has 0 amide bonds. The molecule has 0 radical (unpaired) electrons. The molecule has 78 valence electrons. The molecule has 0 atom stereocenters. The Morgan fingerprint density at radius 3 is 2.67 bits per heavy atom. The monoisotopic (exact) mass is 205 g/mol. The van der Waals surface area contributed by atoms with E-state index in [1.807, 2.05) is 13.8 Å². The summed E-state index contributed by atoms with van der Waals surface area (Å²) >= 11 is 0. The van der Waals surface area contributed by atoms with E-state index in [0.29, 0.717) is 22.5 Å². The number of rotatable bonds is 1. The molecule has 15 heavy (non-hydrogen) atoms. The summed E-state index contributed by atoms with van der Waals surface area (Å²) in [5.74, 6) is 0.909. The van der Waals surface area contributed by atoms with Crippen molar-refractivity contribution >= 4 is 16.7 Å². The maximum absolute atomic E-state index is 13.0. The van der Waals surface area contributed by atoms with Crippen LogP contribution in [-0.4, -0.2) is 9.97 Å². The van der Waals surface area contributed by atoms with Gasteiger partial charge in [-0.1, -0.05) is 13.8 Å². The summed E-state index contributed by atoms with van der Waals surface area (Å²) in [6.07, 6.45) is 0. The van der Waals surface area contributed by atoms with Crippen LogP contribution in [0.3, 0.4) is 0 Å². The van der Waals surface area contributed by atoms with Crippen LogP contribution in [0.2, 0.25) is 0 Å². The van der Waals surface area contributed by atoms with E-state index < -0.39 is 0 Å². The second-order valence-electron chi connectivity index (χ2n) is 3.78. The lowest BCUT2D eigenvalue weighted by Crippen LogP contribution is -2.02. The minimum Gasteiger partial charge on any atom is -0.383 e. The van der Waals surface area contributed by atoms with Crippen LogP contribution >= 0.6 is 0 Å². The molecule has 1 heterocycles. The van der Waals surface area contributed by atoms with E-state index in [1.165, 1.54) is 12.1 Å². The number of halogens is 1. The second kappa shape index (κ2) is 3.46. The van der Waals surface area contributed by atoms with Gasteiger partial charge in [-0.3, -0.25) is 0 Å². The lowest BCUT2D eigenvalue weighted by atomic mass is 10.1. The van der Waals surface area contributed by atoms with Crippen molar-refractivity contribution in [1.29, 1.82) is 0 Å². The zero-order valence-electron chi connectivity index (χ0n) is 8.66. The number of benzene rings is 1. The Morgan fingerprint density at radius 1 is 1.27 bits per heavy atom. The normalized spacial score (nSPS) is 11.2. The number of nitrogen functional groups attached to an aromatic ring is 1. The number of nitrogens with two attached hydrogens (primary N) is 1. The molecule has 0 saturated heterocycles. The van der Waals surface area contributed by atoms with Crippen LogP contribution in [0.25, 0.3) is 10.9 Å². The Morgan fingerprint density at radius 2 is 2.00 bits per heavy atom. The highest BCUT2D eigenvalue weighted by Gasteiger charge is 2.08. The Kier molecular flexibility index (Phi) is 2.26. The standard InChI is InChI=1S/C11H12FN3/c1-6(2)11-14-9-4-3-7(12)5-8(9)10(13)15-11/h3-6H,1-2H3,(H2,13,14,15). The third-order valence-electron chi connectivity index (χ3n) is 2.22. The summed E-state index contributed by atoms with van der Waals surface area (Å²) in [6.45, 7) is 3.98. The minimum atomic E-state index is -0.324. The maximum Gasteiger partial charge on any atom is 0.135 e. The van der Waals surface area contributed by atoms with Crippen molar-refractivity contribution < 1.29 is 4.39 Å². The summed E-state index contributed by atoms with van der Waals surface area (Å²) in [4.78, 5) is 8.46. The van der Waals surface area contributed by atoms with Crippen LogP contribution in [0.15, 0.2) is 18.2 Å². The summed E-state index contributed by atoms with van der Waals surface area (Å²) in [6, 6.07) is 4.35. The lowest BCUT2D eigenvalue weighted by molar-refractivity contribution is 0.629. The van der Waals surface area contributed by atoms with Crippen molar-refractivity contribution in [2.24, 2.45) is 0 Å². The Labute approximate surface area is 87.2 Å². The summed E-state index contributed by atoms with van der Waals surface area (Å²) < 4.78 is 13.0. The van der Waals surface area contributed by atoms with E-state index in [9.17, 15) is 4.39 Å². The Bertz CT molecular complexity index is 508. The Hall–Kier alpha value is -1.71.